The molecular formula is C66H134BaN4O12S4. The van der Waals surface area contributed by atoms with E-state index in [1.165, 1.54) is 218 Å². The molecule has 0 radical (unpaired) electrons. The van der Waals surface area contributed by atoms with Crippen molar-refractivity contribution in [1.82, 2.24) is 18.9 Å². The van der Waals surface area contributed by atoms with Gasteiger partial charge >= 0.3 is 48.9 Å². The third-order valence-electron chi connectivity index (χ3n) is 16.3. The minimum atomic E-state index is -3.86. The predicted octanol–water partition coefficient (Wildman–Crippen LogP) is 13.9. The van der Waals surface area contributed by atoms with Gasteiger partial charge in [0.2, 0.25) is 40.1 Å². The number of aliphatic carboxylic acids is 2. The molecule has 0 heterocycles. The third kappa shape index (κ3) is 68.8. The number of carbonyl (C=O) groups is 2. The molecule has 0 aliphatic heterocycles. The molecule has 21 heteroatoms. The Kier molecular flexibility index (Phi) is 68.1. The Bertz CT molecular complexity index is 1850. The normalized spacial score (nSPS) is 12.8. The molecule has 0 aromatic heterocycles. The predicted molar refractivity (Wildman–Crippen MR) is 364 cm³/mol. The first-order valence-electron chi connectivity index (χ1n) is 35.6. The summed E-state index contributed by atoms with van der Waals surface area (Å²) in [5.74, 6) is -3.84. The van der Waals surface area contributed by atoms with Crippen molar-refractivity contribution in [2.24, 2.45) is 0 Å². The maximum absolute atomic E-state index is 12.4. The largest absolute Gasteiger partial charge is 2.00 e. The number of carbonyl (C=O) groups excluding carboxylic acids is 2. The molecule has 0 amide bonds. The molecule has 16 nitrogen and oxygen atoms in total. The summed E-state index contributed by atoms with van der Waals surface area (Å²) in [6, 6.07) is -3.26. The summed E-state index contributed by atoms with van der Waals surface area (Å²) < 4.78 is 108. The van der Waals surface area contributed by atoms with Crippen LogP contribution in [0.3, 0.4) is 0 Å². The number of carboxylic acids is 2. The van der Waals surface area contributed by atoms with Crippen LogP contribution in [0.15, 0.2) is 0 Å². The fraction of sp³-hybridized carbons (Fsp3) is 0.970. The molecule has 0 fully saturated rings. The van der Waals surface area contributed by atoms with Crippen molar-refractivity contribution in [2.45, 2.75) is 374 Å². The molecule has 0 aromatic rings. The SMILES string of the molecule is CCCCCCCCCCCCCCCS(=O)(=O)NCC(NS(=O)(=O)CCCCCCCCCCCCCCC)C(=O)[O-].CCCCCCCCCCCCCCCS(=O)(=O)NCC(NS(=O)(=O)CCCCCCCCCCCCCCC)C(=O)[O-].[Ba+2]. The van der Waals surface area contributed by atoms with Gasteiger partial charge in [0.15, 0.2) is 0 Å². The standard InChI is InChI=1S/2C33H68N2O6S2.Ba/c2*1-3-5-7-9-11-13-15-17-19-21-23-25-27-29-42(38,39)34-31-32(33(36)37)35-43(40,41)30-28-26-24-22-20-18-16-14-12-10-8-6-4-2;/h2*32,34-35H,3-31H2,1-2H3,(H,36,37);/q;;+2/p-2. The summed E-state index contributed by atoms with van der Waals surface area (Å²) in [7, 11) is -15.1. The van der Waals surface area contributed by atoms with Gasteiger partial charge in [-0.1, -0.05) is 336 Å². The molecule has 0 aliphatic carbocycles. The van der Waals surface area contributed by atoms with Crippen LogP contribution in [0, 0.1) is 0 Å². The molecule has 0 saturated heterocycles. The van der Waals surface area contributed by atoms with Gasteiger partial charge in [0.1, 0.15) is 0 Å². The van der Waals surface area contributed by atoms with Gasteiger partial charge in [0, 0.05) is 13.1 Å². The van der Waals surface area contributed by atoms with Crippen molar-refractivity contribution >= 4 is 101 Å². The first kappa shape index (κ1) is 91.3. The number of sulfonamides is 4. The van der Waals surface area contributed by atoms with E-state index in [9.17, 15) is 53.5 Å². The van der Waals surface area contributed by atoms with E-state index in [0.29, 0.717) is 25.7 Å². The first-order valence-corrected chi connectivity index (χ1v) is 42.2. The molecule has 0 spiro atoms. The fourth-order valence-electron chi connectivity index (χ4n) is 10.7. The Labute approximate surface area is 577 Å². The van der Waals surface area contributed by atoms with Gasteiger partial charge in [-0.2, -0.15) is 0 Å². The van der Waals surface area contributed by atoms with Crippen molar-refractivity contribution in [1.29, 1.82) is 0 Å². The van der Waals surface area contributed by atoms with Crippen LogP contribution < -0.4 is 29.1 Å². The molecule has 87 heavy (non-hydrogen) atoms. The Hall–Kier alpha value is 0.151. The zero-order valence-electron chi connectivity index (χ0n) is 56.4. The van der Waals surface area contributed by atoms with E-state index in [0.717, 1.165) is 89.9 Å². The molecule has 2 atom stereocenters. The minimum absolute atomic E-state index is 0. The van der Waals surface area contributed by atoms with Crippen molar-refractivity contribution in [3.05, 3.63) is 0 Å². The minimum Gasteiger partial charge on any atom is -0.548 e. The van der Waals surface area contributed by atoms with E-state index in [2.05, 4.69) is 46.6 Å². The fourth-order valence-corrected chi connectivity index (χ4v) is 15.6. The molecule has 0 bridgehead atoms. The maximum atomic E-state index is 12.4. The number of nitrogens with one attached hydrogen (secondary N) is 4. The second-order valence-electron chi connectivity index (χ2n) is 24.9. The molecule has 0 aliphatic rings. The Morgan fingerprint density at radius 3 is 0.540 bits per heavy atom. The van der Waals surface area contributed by atoms with Crippen LogP contribution in [0.1, 0.15) is 362 Å². The number of hydrogen-bond donors (Lipinski definition) is 4. The van der Waals surface area contributed by atoms with Crippen LogP contribution >= 0.6 is 0 Å². The van der Waals surface area contributed by atoms with E-state index in [1.54, 1.807) is 0 Å². The van der Waals surface area contributed by atoms with E-state index >= 15 is 0 Å². The molecule has 516 valence electrons. The number of rotatable bonds is 68. The molecule has 4 N–H and O–H groups in total. The number of unbranched alkanes of at least 4 members (excludes halogenated alkanes) is 48. The summed E-state index contributed by atoms with van der Waals surface area (Å²) >= 11 is 0. The van der Waals surface area contributed by atoms with Gasteiger partial charge in [-0.3, -0.25) is 0 Å². The molecule has 0 saturated carbocycles. The second kappa shape index (κ2) is 64.8. The molecule has 0 rings (SSSR count). The van der Waals surface area contributed by atoms with Gasteiger partial charge in [-0.05, 0) is 25.7 Å². The van der Waals surface area contributed by atoms with Crippen molar-refractivity contribution in [3.8, 4) is 0 Å². The quantitative estimate of drug-likeness (QED) is 0.0327. The smallest absolute Gasteiger partial charge is 0.548 e. The summed E-state index contributed by atoms with van der Waals surface area (Å²) in [5.41, 5.74) is 0. The van der Waals surface area contributed by atoms with Crippen LogP contribution in [0.5, 0.6) is 0 Å². The summed E-state index contributed by atoms with van der Waals surface area (Å²) in [5, 5.41) is 23.0. The summed E-state index contributed by atoms with van der Waals surface area (Å²) in [4.78, 5) is 23.0. The van der Waals surface area contributed by atoms with Crippen LogP contribution in [0.4, 0.5) is 0 Å². The average Bonchev–Trinajstić information content (AvgIpc) is 3.67. The van der Waals surface area contributed by atoms with Gasteiger partial charge < -0.3 is 19.8 Å². The zero-order chi connectivity index (χ0) is 64.2. The van der Waals surface area contributed by atoms with Crippen LogP contribution in [-0.4, -0.2) is 143 Å². The van der Waals surface area contributed by atoms with E-state index in [4.69, 9.17) is 0 Å². The second-order valence-corrected chi connectivity index (χ2v) is 32.5. The van der Waals surface area contributed by atoms with Crippen LogP contribution in [-0.2, 0) is 49.7 Å². The van der Waals surface area contributed by atoms with Gasteiger partial charge in [0.05, 0.1) is 47.0 Å². The van der Waals surface area contributed by atoms with E-state index < -0.39 is 77.2 Å². The molecular weight excluding hydrogens is 1310 g/mol. The number of carboxylic acid groups (broad SMARTS) is 2. The Balaban J connectivity index is -0.00000160. The van der Waals surface area contributed by atoms with Gasteiger partial charge in [0.25, 0.3) is 0 Å². The van der Waals surface area contributed by atoms with Crippen LogP contribution in [0.2, 0.25) is 0 Å². The van der Waals surface area contributed by atoms with E-state index in [-0.39, 0.29) is 71.9 Å². The summed E-state index contributed by atoms with van der Waals surface area (Å²) in [6.45, 7) is 7.80. The van der Waals surface area contributed by atoms with Gasteiger partial charge in [-0.15, -0.1) is 0 Å². The zero-order valence-corrected chi connectivity index (χ0v) is 64.1. The van der Waals surface area contributed by atoms with Gasteiger partial charge in [-0.25, -0.2) is 52.6 Å². The Morgan fingerprint density at radius 1 is 0.253 bits per heavy atom. The molecule has 2 unspecified atom stereocenters. The number of hydrogen-bond acceptors (Lipinski definition) is 12. The Morgan fingerprint density at radius 2 is 0.391 bits per heavy atom. The third-order valence-corrected chi connectivity index (χ3v) is 22.1. The topological polar surface area (TPSA) is 265 Å². The maximum Gasteiger partial charge on any atom is 2.00 e. The van der Waals surface area contributed by atoms with Crippen molar-refractivity contribution < 1.29 is 53.5 Å². The van der Waals surface area contributed by atoms with Crippen LogP contribution in [0.25, 0.3) is 0 Å². The monoisotopic (exact) mass is 1440 g/mol. The van der Waals surface area contributed by atoms with Crippen molar-refractivity contribution in [2.75, 3.05) is 36.1 Å². The first-order chi connectivity index (χ1) is 41.3. The van der Waals surface area contributed by atoms with E-state index in [1.807, 2.05) is 0 Å². The average molecular weight is 1440 g/mol. The molecule has 0 aromatic carbocycles. The summed E-state index contributed by atoms with van der Waals surface area (Å²) in [6.07, 6.45) is 59.4. The van der Waals surface area contributed by atoms with Crippen molar-refractivity contribution in [3.63, 3.8) is 0 Å².